The topological polar surface area (TPSA) is 77.3 Å². The predicted molar refractivity (Wildman–Crippen MR) is 94.4 cm³/mol. The molecule has 2 aromatic rings. The molecule has 0 radical (unpaired) electrons. The van der Waals surface area contributed by atoms with Gasteiger partial charge in [0.1, 0.15) is 11.5 Å². The Balaban J connectivity index is 1.68. The summed E-state index contributed by atoms with van der Waals surface area (Å²) in [6.07, 6.45) is 2.32. The third-order valence-electron chi connectivity index (χ3n) is 3.77. The molecule has 0 unspecified atom stereocenters. The van der Waals surface area contributed by atoms with Crippen LogP contribution in [0.25, 0.3) is 0 Å². The van der Waals surface area contributed by atoms with Crippen molar-refractivity contribution in [2.45, 2.75) is 26.5 Å². The Morgan fingerprint density at radius 2 is 2.07 bits per heavy atom. The van der Waals surface area contributed by atoms with Gasteiger partial charge in [-0.15, -0.1) is 0 Å². The van der Waals surface area contributed by atoms with E-state index >= 15 is 0 Å². The van der Waals surface area contributed by atoms with Gasteiger partial charge in [0.15, 0.2) is 17.5 Å². The van der Waals surface area contributed by atoms with E-state index in [0.717, 1.165) is 5.76 Å². The molecule has 0 fully saturated rings. The molecule has 27 heavy (non-hydrogen) atoms. The Morgan fingerprint density at radius 1 is 1.26 bits per heavy atom. The van der Waals surface area contributed by atoms with Crippen LogP contribution in [0.3, 0.4) is 0 Å². The number of nitrogens with one attached hydrogen (secondary N) is 2. The minimum absolute atomic E-state index is 0.0180. The van der Waals surface area contributed by atoms with Crippen molar-refractivity contribution in [1.29, 1.82) is 0 Å². The standard InChI is InChI=1S/C18H21F2N3O4/c1-2-21-18(22-6-5-13-4-3-7-24-13)23-10-12-8-15-16(26-11-25-15)9-14(12)27-17(19)20/h3-4,7-9,17H,2,5-6,10-11H2,1H3,(H2,21,22,23). The first-order chi connectivity index (χ1) is 13.2. The smallest absolute Gasteiger partial charge is 0.387 e. The average molecular weight is 381 g/mol. The van der Waals surface area contributed by atoms with Crippen LogP contribution in [0.4, 0.5) is 8.78 Å². The SMILES string of the molecule is CCNC(=NCc1cc2c(cc1OC(F)F)OCO2)NCCc1ccco1. The van der Waals surface area contributed by atoms with E-state index in [2.05, 4.69) is 20.4 Å². The van der Waals surface area contributed by atoms with Gasteiger partial charge in [0, 0.05) is 31.1 Å². The van der Waals surface area contributed by atoms with Gasteiger partial charge in [0.25, 0.3) is 0 Å². The summed E-state index contributed by atoms with van der Waals surface area (Å²) in [5.74, 6) is 2.30. The lowest BCUT2D eigenvalue weighted by molar-refractivity contribution is -0.0505. The zero-order valence-corrected chi connectivity index (χ0v) is 14.8. The number of hydrogen-bond donors (Lipinski definition) is 2. The van der Waals surface area contributed by atoms with E-state index in [9.17, 15) is 8.78 Å². The van der Waals surface area contributed by atoms with E-state index < -0.39 is 6.61 Å². The Labute approximate surface area is 155 Å². The summed E-state index contributed by atoms with van der Waals surface area (Å²) in [4.78, 5) is 4.44. The second-order valence-corrected chi connectivity index (χ2v) is 5.64. The fourth-order valence-electron chi connectivity index (χ4n) is 2.56. The van der Waals surface area contributed by atoms with E-state index in [1.165, 1.54) is 6.07 Å². The fourth-order valence-corrected chi connectivity index (χ4v) is 2.56. The van der Waals surface area contributed by atoms with Crippen LogP contribution in [0.2, 0.25) is 0 Å². The highest BCUT2D eigenvalue weighted by Crippen LogP contribution is 2.39. The van der Waals surface area contributed by atoms with Gasteiger partial charge in [0.2, 0.25) is 6.79 Å². The molecule has 0 amide bonds. The summed E-state index contributed by atoms with van der Waals surface area (Å²) in [7, 11) is 0. The number of nitrogens with zero attached hydrogens (tertiary/aromatic N) is 1. The summed E-state index contributed by atoms with van der Waals surface area (Å²) in [6.45, 7) is 0.458. The zero-order valence-electron chi connectivity index (χ0n) is 14.8. The molecule has 1 aromatic carbocycles. The summed E-state index contributed by atoms with van der Waals surface area (Å²) in [6, 6.07) is 6.73. The maximum atomic E-state index is 12.7. The van der Waals surface area contributed by atoms with E-state index in [1.807, 2.05) is 19.1 Å². The Morgan fingerprint density at radius 3 is 2.78 bits per heavy atom. The maximum Gasteiger partial charge on any atom is 0.387 e. The lowest BCUT2D eigenvalue weighted by atomic mass is 10.1. The normalized spacial score (nSPS) is 13.1. The molecule has 0 aliphatic carbocycles. The monoisotopic (exact) mass is 381 g/mol. The van der Waals surface area contributed by atoms with Crippen molar-refractivity contribution >= 4 is 5.96 Å². The molecule has 0 spiro atoms. The highest BCUT2D eigenvalue weighted by atomic mass is 19.3. The van der Waals surface area contributed by atoms with Gasteiger partial charge in [-0.3, -0.25) is 0 Å². The van der Waals surface area contributed by atoms with E-state index in [1.54, 1.807) is 12.3 Å². The first-order valence-electron chi connectivity index (χ1n) is 8.57. The summed E-state index contributed by atoms with van der Waals surface area (Å²) < 4.78 is 45.8. The number of guanidine groups is 1. The Bertz CT molecular complexity index is 766. The highest BCUT2D eigenvalue weighted by molar-refractivity contribution is 5.79. The van der Waals surface area contributed by atoms with Gasteiger partial charge in [-0.25, -0.2) is 4.99 Å². The van der Waals surface area contributed by atoms with Crippen molar-refractivity contribution in [3.05, 3.63) is 41.9 Å². The average Bonchev–Trinajstić information content (AvgIpc) is 3.30. The van der Waals surface area contributed by atoms with E-state index in [-0.39, 0.29) is 19.1 Å². The number of aliphatic imine (C=N–C) groups is 1. The third kappa shape index (κ3) is 5.25. The molecule has 0 saturated carbocycles. The van der Waals surface area contributed by atoms with Crippen molar-refractivity contribution in [3.63, 3.8) is 0 Å². The summed E-state index contributed by atoms with van der Waals surface area (Å²) in [5.41, 5.74) is 0.475. The van der Waals surface area contributed by atoms with Crippen molar-refractivity contribution in [1.82, 2.24) is 10.6 Å². The van der Waals surface area contributed by atoms with Gasteiger partial charge in [-0.05, 0) is 25.1 Å². The molecule has 0 atom stereocenters. The van der Waals surface area contributed by atoms with Crippen molar-refractivity contribution in [3.8, 4) is 17.2 Å². The van der Waals surface area contributed by atoms with Crippen molar-refractivity contribution < 1.29 is 27.4 Å². The Kier molecular flexibility index (Phi) is 6.35. The van der Waals surface area contributed by atoms with Gasteiger partial charge in [0.05, 0.1) is 12.8 Å². The van der Waals surface area contributed by atoms with Crippen LogP contribution >= 0.6 is 0 Å². The third-order valence-corrected chi connectivity index (χ3v) is 3.77. The number of furan rings is 1. The minimum atomic E-state index is -2.94. The number of ether oxygens (including phenoxy) is 3. The molecular formula is C18H21F2N3O4. The second-order valence-electron chi connectivity index (χ2n) is 5.64. The number of hydrogen-bond acceptors (Lipinski definition) is 5. The van der Waals surface area contributed by atoms with E-state index in [4.69, 9.17) is 13.9 Å². The number of alkyl halides is 2. The molecule has 0 saturated heterocycles. The molecule has 7 nitrogen and oxygen atoms in total. The second kappa shape index (κ2) is 9.11. The molecule has 1 aliphatic heterocycles. The quantitative estimate of drug-likeness (QED) is 0.541. The van der Waals surface area contributed by atoms with Crippen LogP contribution in [-0.4, -0.2) is 32.5 Å². The van der Waals surface area contributed by atoms with Crippen molar-refractivity contribution in [2.24, 2.45) is 4.99 Å². The van der Waals surface area contributed by atoms with Crippen LogP contribution in [0, 0.1) is 0 Å². The highest BCUT2D eigenvalue weighted by Gasteiger charge is 2.20. The molecule has 3 rings (SSSR count). The molecule has 1 aliphatic rings. The van der Waals surface area contributed by atoms with Crippen LogP contribution < -0.4 is 24.8 Å². The largest absolute Gasteiger partial charge is 0.469 e. The summed E-state index contributed by atoms with van der Waals surface area (Å²) >= 11 is 0. The van der Waals surface area contributed by atoms with Crippen LogP contribution in [0.15, 0.2) is 39.9 Å². The van der Waals surface area contributed by atoms with Gasteiger partial charge in [-0.2, -0.15) is 8.78 Å². The molecular weight excluding hydrogens is 360 g/mol. The first kappa shape index (κ1) is 18.8. The number of halogens is 2. The van der Waals surface area contributed by atoms with Crippen LogP contribution in [0.1, 0.15) is 18.2 Å². The Hall–Kier alpha value is -2.97. The lowest BCUT2D eigenvalue weighted by Gasteiger charge is -2.13. The molecule has 2 heterocycles. The molecule has 1 aromatic heterocycles. The summed E-state index contributed by atoms with van der Waals surface area (Å²) in [5, 5.41) is 6.28. The molecule has 0 bridgehead atoms. The fraction of sp³-hybridized carbons (Fsp3) is 0.389. The number of rotatable bonds is 8. The lowest BCUT2D eigenvalue weighted by Crippen LogP contribution is -2.38. The molecule has 146 valence electrons. The van der Waals surface area contributed by atoms with Crippen LogP contribution in [0.5, 0.6) is 17.2 Å². The molecule has 9 heteroatoms. The van der Waals surface area contributed by atoms with Crippen molar-refractivity contribution in [2.75, 3.05) is 19.9 Å². The zero-order chi connectivity index (χ0) is 19.1. The van der Waals surface area contributed by atoms with E-state index in [0.29, 0.717) is 42.5 Å². The number of benzene rings is 1. The van der Waals surface area contributed by atoms with Gasteiger partial charge in [-0.1, -0.05) is 0 Å². The minimum Gasteiger partial charge on any atom is -0.469 e. The van der Waals surface area contributed by atoms with Gasteiger partial charge >= 0.3 is 6.61 Å². The maximum absolute atomic E-state index is 12.7. The number of fused-ring (bicyclic) bond motifs is 1. The van der Waals surface area contributed by atoms with Crippen LogP contribution in [-0.2, 0) is 13.0 Å². The first-order valence-corrected chi connectivity index (χ1v) is 8.57. The molecule has 2 N–H and O–H groups in total. The predicted octanol–water partition coefficient (Wildman–Crippen LogP) is 2.91. The van der Waals surface area contributed by atoms with Gasteiger partial charge < -0.3 is 29.3 Å².